The molecule has 8 rings (SSSR count). The fraction of sp³-hybridized carbons (Fsp3) is 0.296. The van der Waals surface area contributed by atoms with Gasteiger partial charge in [-0.25, -0.2) is 4.39 Å². The van der Waals surface area contributed by atoms with Crippen LogP contribution in [0.15, 0.2) is 152 Å². The molecule has 0 bridgehead atoms. The zero-order valence-electron chi connectivity index (χ0n) is 36.8. The van der Waals surface area contributed by atoms with Crippen molar-refractivity contribution in [3.8, 4) is 23.0 Å². The summed E-state index contributed by atoms with van der Waals surface area (Å²) in [7, 11) is 0. The summed E-state index contributed by atoms with van der Waals surface area (Å²) in [4.78, 5) is 28.2. The van der Waals surface area contributed by atoms with Crippen molar-refractivity contribution >= 4 is 11.8 Å². The van der Waals surface area contributed by atoms with E-state index in [9.17, 15) is 14.0 Å². The second kappa shape index (κ2) is 19.8. The SMILES string of the molecule is C[C@H]1CN(Cc2ccc(Oc3ccc(F)cc3)cc2)CC[C@@]1(C)c1cccc(C(N)=O)c1.C[C@H]1CN(Cc2cccc(Oc3ccccc3)c2)CC[C@@]1(C)c1cccc(C(N)=O)c1. The summed E-state index contributed by atoms with van der Waals surface area (Å²) in [6.45, 7) is 14.9. The van der Waals surface area contributed by atoms with Crippen molar-refractivity contribution in [1.82, 2.24) is 9.80 Å². The number of piperidine rings is 2. The van der Waals surface area contributed by atoms with Crippen molar-refractivity contribution < 1.29 is 23.5 Å². The monoisotopic (exact) mass is 846 g/mol. The number of benzene rings is 6. The molecule has 2 aliphatic rings. The molecule has 0 aliphatic carbocycles. The molecular weight excluding hydrogens is 788 g/mol. The third kappa shape index (κ3) is 11.2. The Balaban J connectivity index is 0.000000189. The van der Waals surface area contributed by atoms with E-state index in [1.807, 2.05) is 72.8 Å². The minimum absolute atomic E-state index is 0.00875. The lowest BCUT2D eigenvalue weighted by atomic mass is 9.68. The molecule has 2 fully saturated rings. The van der Waals surface area contributed by atoms with E-state index in [4.69, 9.17) is 20.9 Å². The number of hydrogen-bond acceptors (Lipinski definition) is 6. The van der Waals surface area contributed by atoms with Gasteiger partial charge in [0.2, 0.25) is 11.8 Å². The van der Waals surface area contributed by atoms with E-state index >= 15 is 0 Å². The maximum atomic E-state index is 13.0. The van der Waals surface area contributed by atoms with Gasteiger partial charge in [-0.15, -0.1) is 0 Å². The van der Waals surface area contributed by atoms with Gasteiger partial charge in [0.25, 0.3) is 0 Å². The van der Waals surface area contributed by atoms with Crippen LogP contribution in [0.4, 0.5) is 4.39 Å². The molecule has 4 N–H and O–H groups in total. The van der Waals surface area contributed by atoms with Gasteiger partial charge in [0.05, 0.1) is 0 Å². The number of ether oxygens (including phenoxy) is 2. The van der Waals surface area contributed by atoms with E-state index in [0.717, 1.165) is 69.4 Å². The van der Waals surface area contributed by atoms with Crippen LogP contribution in [-0.4, -0.2) is 47.8 Å². The maximum Gasteiger partial charge on any atom is 0.248 e. The van der Waals surface area contributed by atoms with Gasteiger partial charge in [-0.05, 0) is 156 Å². The summed E-state index contributed by atoms with van der Waals surface area (Å²) in [5.74, 6) is 2.91. The quantitative estimate of drug-likeness (QED) is 0.127. The molecular formula is C54H59FN4O4. The molecule has 4 atom stereocenters. The number of carbonyl (C=O) groups excluding carboxylic acids is 2. The van der Waals surface area contributed by atoms with Crippen LogP contribution in [0, 0.1) is 17.7 Å². The Hall–Kier alpha value is -6.29. The van der Waals surface area contributed by atoms with Crippen LogP contribution in [0.1, 0.15) is 83.5 Å². The number of nitrogens with two attached hydrogens (primary N) is 2. The van der Waals surface area contributed by atoms with Crippen LogP contribution in [0.2, 0.25) is 0 Å². The van der Waals surface area contributed by atoms with Gasteiger partial charge < -0.3 is 20.9 Å². The summed E-state index contributed by atoms with van der Waals surface area (Å²) in [5, 5.41) is 0. The van der Waals surface area contributed by atoms with Crippen LogP contribution in [-0.2, 0) is 23.9 Å². The molecule has 0 saturated carbocycles. The minimum Gasteiger partial charge on any atom is -0.457 e. The summed E-state index contributed by atoms with van der Waals surface area (Å²) in [5.41, 5.74) is 17.0. The highest BCUT2D eigenvalue weighted by Crippen LogP contribution is 2.41. The number of para-hydroxylation sites is 1. The Morgan fingerprint density at radius 3 is 1.51 bits per heavy atom. The number of rotatable bonds is 12. The number of nitrogens with zero attached hydrogens (tertiary/aromatic N) is 2. The Morgan fingerprint density at radius 2 is 1.00 bits per heavy atom. The third-order valence-corrected chi connectivity index (χ3v) is 13.4. The van der Waals surface area contributed by atoms with Crippen molar-refractivity contribution in [3.05, 3.63) is 191 Å². The first kappa shape index (κ1) is 44.8. The number of carbonyl (C=O) groups is 2. The lowest BCUT2D eigenvalue weighted by molar-refractivity contribution is 0.0987. The average molecular weight is 847 g/mol. The molecule has 8 nitrogen and oxygen atoms in total. The molecule has 2 amide bonds. The van der Waals surface area contributed by atoms with E-state index < -0.39 is 0 Å². The van der Waals surface area contributed by atoms with Gasteiger partial charge in [-0.2, -0.15) is 0 Å². The van der Waals surface area contributed by atoms with Gasteiger partial charge in [-0.3, -0.25) is 19.4 Å². The van der Waals surface area contributed by atoms with Crippen molar-refractivity contribution in [3.63, 3.8) is 0 Å². The zero-order valence-corrected chi connectivity index (χ0v) is 36.8. The van der Waals surface area contributed by atoms with Crippen molar-refractivity contribution in [2.45, 2.75) is 64.5 Å². The van der Waals surface area contributed by atoms with Crippen molar-refractivity contribution in [1.29, 1.82) is 0 Å². The standard InChI is InChI=1S/C27H29FN2O2.C27H30N2O2/c1-19-17-30(15-14-27(19,2)22-5-3-4-21(16-22)26(29)31)18-20-6-10-24(11-7-20)32-25-12-8-23(28)9-13-25;1-20-18-29(15-14-27(20,2)23-10-7-9-22(17-23)26(28)30)19-21-8-6-13-25(16-21)31-24-11-4-3-5-12-24/h3-13,16,19H,14-15,17-18H2,1-2H3,(H2,29,31);3-13,16-17,20H,14-15,18-19H2,1-2H3,(H2,28,30)/t19-,27+;20-,27+/m00/s1. The van der Waals surface area contributed by atoms with E-state index in [1.165, 1.54) is 34.4 Å². The number of likely N-dealkylation sites (tertiary alicyclic amines) is 2. The van der Waals surface area contributed by atoms with Crippen LogP contribution >= 0.6 is 0 Å². The van der Waals surface area contributed by atoms with Crippen LogP contribution < -0.4 is 20.9 Å². The Labute approximate surface area is 371 Å². The molecule has 2 aliphatic heterocycles. The Kier molecular flexibility index (Phi) is 14.1. The highest BCUT2D eigenvalue weighted by molar-refractivity contribution is 5.93. The fourth-order valence-corrected chi connectivity index (χ4v) is 8.98. The Bertz CT molecular complexity index is 2480. The van der Waals surface area contributed by atoms with Gasteiger partial charge in [0.1, 0.15) is 28.8 Å². The summed E-state index contributed by atoms with van der Waals surface area (Å²) < 4.78 is 24.8. The molecule has 0 spiro atoms. The second-order valence-corrected chi connectivity index (χ2v) is 17.8. The normalized spacial score (nSPS) is 21.4. The highest BCUT2D eigenvalue weighted by atomic mass is 19.1. The number of halogens is 1. The topological polar surface area (TPSA) is 111 Å². The number of primary amides is 2. The summed E-state index contributed by atoms with van der Waals surface area (Å²) in [6, 6.07) is 47.9. The van der Waals surface area contributed by atoms with Gasteiger partial charge in [0, 0.05) is 37.3 Å². The largest absolute Gasteiger partial charge is 0.457 e. The molecule has 63 heavy (non-hydrogen) atoms. The predicted molar refractivity (Wildman–Crippen MR) is 249 cm³/mol. The van der Waals surface area contributed by atoms with Gasteiger partial charge in [0.15, 0.2) is 0 Å². The molecule has 0 radical (unpaired) electrons. The molecule has 0 aromatic heterocycles. The van der Waals surface area contributed by atoms with E-state index in [0.29, 0.717) is 28.7 Å². The van der Waals surface area contributed by atoms with Gasteiger partial charge in [-0.1, -0.05) is 94.4 Å². The zero-order chi connectivity index (χ0) is 44.6. The molecule has 0 unspecified atom stereocenters. The first-order valence-electron chi connectivity index (χ1n) is 21.9. The van der Waals surface area contributed by atoms with E-state index in [1.54, 1.807) is 24.3 Å². The van der Waals surface area contributed by atoms with Crippen molar-refractivity contribution in [2.75, 3.05) is 26.2 Å². The van der Waals surface area contributed by atoms with Crippen LogP contribution in [0.3, 0.4) is 0 Å². The van der Waals surface area contributed by atoms with Crippen LogP contribution in [0.25, 0.3) is 0 Å². The van der Waals surface area contributed by atoms with Crippen LogP contribution in [0.5, 0.6) is 23.0 Å². The van der Waals surface area contributed by atoms with Crippen molar-refractivity contribution in [2.24, 2.45) is 23.3 Å². The predicted octanol–water partition coefficient (Wildman–Crippen LogP) is 10.9. The molecule has 6 aromatic carbocycles. The third-order valence-electron chi connectivity index (χ3n) is 13.4. The minimum atomic E-state index is -0.382. The summed E-state index contributed by atoms with van der Waals surface area (Å²) in [6.07, 6.45) is 2.05. The fourth-order valence-electron chi connectivity index (χ4n) is 8.98. The molecule has 6 aromatic rings. The number of hydrogen-bond donors (Lipinski definition) is 2. The molecule has 2 heterocycles. The lowest BCUT2D eigenvalue weighted by Gasteiger charge is -2.45. The van der Waals surface area contributed by atoms with E-state index in [2.05, 4.69) is 80.0 Å². The molecule has 2 saturated heterocycles. The van der Waals surface area contributed by atoms with E-state index in [-0.39, 0.29) is 28.5 Å². The Morgan fingerprint density at radius 1 is 0.556 bits per heavy atom. The highest BCUT2D eigenvalue weighted by Gasteiger charge is 2.39. The first-order valence-corrected chi connectivity index (χ1v) is 21.9. The smallest absolute Gasteiger partial charge is 0.248 e. The average Bonchev–Trinajstić information content (AvgIpc) is 3.28. The molecule has 326 valence electrons. The first-order chi connectivity index (χ1) is 30.3. The van der Waals surface area contributed by atoms with Gasteiger partial charge >= 0.3 is 0 Å². The lowest BCUT2D eigenvalue weighted by Crippen LogP contribution is -2.47. The summed E-state index contributed by atoms with van der Waals surface area (Å²) >= 11 is 0. The second-order valence-electron chi connectivity index (χ2n) is 17.8. The number of amides is 2. The maximum absolute atomic E-state index is 13.0. The molecule has 9 heteroatoms.